The van der Waals surface area contributed by atoms with E-state index >= 15 is 0 Å². The van der Waals surface area contributed by atoms with Crippen LogP contribution >= 0.6 is 11.3 Å². The third-order valence-corrected chi connectivity index (χ3v) is 14.0. The Kier molecular flexibility index (Phi) is 8.90. The molecule has 0 aliphatic heterocycles. The first-order valence-corrected chi connectivity index (χ1v) is 17.2. The highest BCUT2D eigenvalue weighted by atomic mass is 32.1. The molecular weight excluding hydrogens is 474 g/mol. The van der Waals surface area contributed by atoms with Crippen molar-refractivity contribution in [1.29, 1.82) is 0 Å². The summed E-state index contributed by atoms with van der Waals surface area (Å²) in [6, 6.07) is 0. The molecule has 0 amide bonds. The topological polar surface area (TPSA) is 65.5 Å². The van der Waals surface area contributed by atoms with Crippen molar-refractivity contribution in [3.63, 3.8) is 0 Å². The van der Waals surface area contributed by atoms with Crippen LogP contribution in [0.25, 0.3) is 10.2 Å². The number of thiophene rings is 1. The summed E-state index contributed by atoms with van der Waals surface area (Å²) in [5, 5.41) is 6.17. The Balaban J connectivity index is 1.50. The maximum Gasteiger partial charge on any atom is 0.192 e. The van der Waals surface area contributed by atoms with E-state index in [2.05, 4.69) is 49.5 Å². The quantitative estimate of drug-likeness (QED) is 0.204. The van der Waals surface area contributed by atoms with Crippen molar-refractivity contribution in [3.8, 4) is 0 Å². The lowest BCUT2D eigenvalue weighted by molar-refractivity contribution is -0.0540. The van der Waals surface area contributed by atoms with Gasteiger partial charge in [-0.05, 0) is 66.6 Å². The fraction of sp³-hybridized carbons (Fsp3) is 0.778. The zero-order valence-corrected chi connectivity index (χ0v) is 24.4. The van der Waals surface area contributed by atoms with Crippen LogP contribution in [-0.2, 0) is 13.9 Å². The highest BCUT2D eigenvalue weighted by Crippen LogP contribution is 2.47. The van der Waals surface area contributed by atoms with Crippen LogP contribution in [-0.4, -0.2) is 51.4 Å². The average Bonchev–Trinajstić information content (AvgIpc) is 3.42. The molecule has 1 N–H and O–H groups in total. The second kappa shape index (κ2) is 11.5. The predicted molar refractivity (Wildman–Crippen MR) is 148 cm³/mol. The third-order valence-electron chi connectivity index (χ3n) is 8.52. The molecule has 2 aromatic rings. The van der Waals surface area contributed by atoms with Crippen LogP contribution in [0, 0.1) is 11.8 Å². The first kappa shape index (κ1) is 27.0. The van der Waals surface area contributed by atoms with E-state index in [1.165, 1.54) is 42.4 Å². The van der Waals surface area contributed by atoms with Gasteiger partial charge in [0.05, 0.1) is 22.9 Å². The number of fused-ring (bicyclic) bond motifs is 1. The highest BCUT2D eigenvalue weighted by molar-refractivity contribution is 7.18. The number of anilines is 1. The Morgan fingerprint density at radius 2 is 1.89 bits per heavy atom. The van der Waals surface area contributed by atoms with Crippen molar-refractivity contribution in [1.82, 2.24) is 9.97 Å². The van der Waals surface area contributed by atoms with E-state index in [1.807, 2.05) is 0 Å². The second-order valence-electron chi connectivity index (χ2n) is 12.1. The van der Waals surface area contributed by atoms with Gasteiger partial charge in [0.1, 0.15) is 18.9 Å². The van der Waals surface area contributed by atoms with Gasteiger partial charge in [0, 0.05) is 19.6 Å². The molecular formula is C27H45N3O3SSi. The van der Waals surface area contributed by atoms with Gasteiger partial charge >= 0.3 is 0 Å². The number of hydrogen-bond acceptors (Lipinski definition) is 7. The molecule has 35 heavy (non-hydrogen) atoms. The van der Waals surface area contributed by atoms with Crippen molar-refractivity contribution >= 4 is 35.7 Å². The maximum atomic E-state index is 6.95. The number of methoxy groups -OCH3 is 1. The van der Waals surface area contributed by atoms with Crippen molar-refractivity contribution in [2.45, 2.75) is 95.9 Å². The summed E-state index contributed by atoms with van der Waals surface area (Å²) in [4.78, 5) is 9.38. The standard InChI is InChI=1S/C27H45N3O3SSi/c1-27(2,3)35(5,6)33-23-13-20(12-21(23)15-32-18-31-4)22-16-34-25-24(22)29-17-30-26(25)28-14-19-10-8-7-9-11-19/h16-17,19-21,23H,7-15,18H2,1-6H3,(H,28,29,30). The lowest BCUT2D eigenvalue weighted by Gasteiger charge is -2.39. The average molecular weight is 520 g/mol. The van der Waals surface area contributed by atoms with Crippen molar-refractivity contribution in [2.75, 3.05) is 32.4 Å². The summed E-state index contributed by atoms with van der Waals surface area (Å²) in [7, 11) is -0.205. The van der Waals surface area contributed by atoms with Gasteiger partial charge < -0.3 is 19.2 Å². The summed E-state index contributed by atoms with van der Waals surface area (Å²) < 4.78 is 19.1. The minimum absolute atomic E-state index is 0.185. The minimum atomic E-state index is -1.88. The fourth-order valence-corrected chi connectivity index (χ4v) is 7.88. The Morgan fingerprint density at radius 3 is 2.60 bits per heavy atom. The van der Waals surface area contributed by atoms with Gasteiger partial charge in [-0.15, -0.1) is 11.3 Å². The molecule has 8 heteroatoms. The number of rotatable bonds is 10. The summed E-state index contributed by atoms with van der Waals surface area (Å²) in [6.07, 6.45) is 10.8. The molecule has 3 atom stereocenters. The molecule has 0 aromatic carbocycles. The molecule has 0 saturated heterocycles. The molecule has 4 rings (SSSR count). The number of ether oxygens (including phenoxy) is 2. The van der Waals surface area contributed by atoms with Gasteiger partial charge in [-0.3, -0.25) is 0 Å². The van der Waals surface area contributed by atoms with Gasteiger partial charge in [-0.1, -0.05) is 40.0 Å². The molecule has 2 aliphatic rings. The maximum absolute atomic E-state index is 6.95. The zero-order chi connectivity index (χ0) is 25.1. The smallest absolute Gasteiger partial charge is 0.192 e. The van der Waals surface area contributed by atoms with E-state index in [1.54, 1.807) is 24.8 Å². The lowest BCUT2D eigenvalue weighted by atomic mass is 9.89. The largest absolute Gasteiger partial charge is 0.414 e. The predicted octanol–water partition coefficient (Wildman–Crippen LogP) is 7.19. The monoisotopic (exact) mass is 519 g/mol. The van der Waals surface area contributed by atoms with Crippen molar-refractivity contribution in [2.24, 2.45) is 11.8 Å². The van der Waals surface area contributed by atoms with E-state index < -0.39 is 8.32 Å². The summed E-state index contributed by atoms with van der Waals surface area (Å²) in [5.74, 6) is 2.56. The Labute approximate surface area is 216 Å². The first-order chi connectivity index (χ1) is 16.7. The number of nitrogens with one attached hydrogen (secondary N) is 1. The van der Waals surface area contributed by atoms with Gasteiger partial charge in [0.25, 0.3) is 0 Å². The number of nitrogens with zero attached hydrogens (tertiary/aromatic N) is 2. The second-order valence-corrected chi connectivity index (χ2v) is 17.7. The van der Waals surface area contributed by atoms with Gasteiger partial charge in [0.2, 0.25) is 0 Å². The SMILES string of the molecule is COCOCC1CC(c2csc3c(NCC4CCCCC4)ncnc23)CC1O[Si](C)(C)C(C)(C)C. The van der Waals surface area contributed by atoms with E-state index in [-0.39, 0.29) is 11.1 Å². The lowest BCUT2D eigenvalue weighted by Crippen LogP contribution is -2.45. The molecule has 0 spiro atoms. The molecule has 2 heterocycles. The number of aromatic nitrogens is 2. The normalized spacial score (nSPS) is 24.3. The van der Waals surface area contributed by atoms with E-state index in [0.29, 0.717) is 25.2 Å². The summed E-state index contributed by atoms with van der Waals surface area (Å²) >= 11 is 1.78. The van der Waals surface area contributed by atoms with Gasteiger partial charge in [0.15, 0.2) is 8.32 Å². The third kappa shape index (κ3) is 6.45. The van der Waals surface area contributed by atoms with Crippen LogP contribution in [0.5, 0.6) is 0 Å². The highest BCUT2D eigenvalue weighted by Gasteiger charge is 2.44. The Morgan fingerprint density at radius 1 is 1.11 bits per heavy atom. The Hall–Kier alpha value is -1.06. The van der Waals surface area contributed by atoms with Crippen molar-refractivity contribution in [3.05, 3.63) is 17.3 Å². The van der Waals surface area contributed by atoms with E-state index in [9.17, 15) is 0 Å². The van der Waals surface area contributed by atoms with Crippen LogP contribution in [0.15, 0.2) is 11.7 Å². The van der Waals surface area contributed by atoms with Crippen molar-refractivity contribution < 1.29 is 13.9 Å². The van der Waals surface area contributed by atoms with Crippen LogP contribution in [0.1, 0.15) is 77.2 Å². The van der Waals surface area contributed by atoms with Crippen LogP contribution in [0.2, 0.25) is 18.1 Å². The molecule has 196 valence electrons. The van der Waals surface area contributed by atoms with Crippen LogP contribution < -0.4 is 5.32 Å². The van der Waals surface area contributed by atoms with E-state index in [4.69, 9.17) is 18.9 Å². The van der Waals surface area contributed by atoms with E-state index in [0.717, 1.165) is 36.6 Å². The molecule has 2 aliphatic carbocycles. The van der Waals surface area contributed by atoms with Crippen LogP contribution in [0.3, 0.4) is 0 Å². The summed E-state index contributed by atoms with van der Waals surface area (Å²) in [6.45, 7) is 13.7. The van der Waals surface area contributed by atoms with Gasteiger partial charge in [-0.2, -0.15) is 0 Å². The molecule has 3 unspecified atom stereocenters. The Bertz CT molecular complexity index is 955. The zero-order valence-electron chi connectivity index (χ0n) is 22.6. The summed E-state index contributed by atoms with van der Waals surface area (Å²) in [5.41, 5.74) is 2.47. The molecule has 2 aromatic heterocycles. The van der Waals surface area contributed by atoms with Crippen LogP contribution in [0.4, 0.5) is 5.82 Å². The minimum Gasteiger partial charge on any atom is -0.414 e. The number of hydrogen-bond donors (Lipinski definition) is 1. The molecule has 2 fully saturated rings. The van der Waals surface area contributed by atoms with Gasteiger partial charge in [-0.25, -0.2) is 9.97 Å². The molecule has 0 radical (unpaired) electrons. The fourth-order valence-electron chi connectivity index (χ4n) is 5.41. The molecule has 6 nitrogen and oxygen atoms in total. The molecule has 0 bridgehead atoms. The molecule has 2 saturated carbocycles. The first-order valence-electron chi connectivity index (χ1n) is 13.4.